The number of carboxylic acid groups (broad SMARTS) is 1. The average Bonchev–Trinajstić information content (AvgIpc) is 2.90. The molecule has 0 aromatic heterocycles. The van der Waals surface area contributed by atoms with Crippen LogP contribution in [-0.2, 0) is 4.74 Å². The number of piperidine rings is 1. The minimum atomic E-state index is -1.36. The summed E-state index contributed by atoms with van der Waals surface area (Å²) in [6, 6.07) is 17.8. The first kappa shape index (κ1) is 26.0. The molecule has 1 unspecified atom stereocenters. The predicted octanol–water partition coefficient (Wildman–Crippen LogP) is 6.70. The first-order valence-corrected chi connectivity index (χ1v) is 13.1. The van der Waals surface area contributed by atoms with Gasteiger partial charge in [-0.2, -0.15) is 0 Å². The van der Waals surface area contributed by atoms with E-state index in [1.807, 2.05) is 24.3 Å². The van der Waals surface area contributed by atoms with Crippen LogP contribution in [0.25, 0.3) is 0 Å². The van der Waals surface area contributed by atoms with Crippen molar-refractivity contribution in [2.24, 2.45) is 0 Å². The van der Waals surface area contributed by atoms with E-state index in [9.17, 15) is 9.59 Å². The standard InChI is InChI=1S/C28H26Cl2N2O6/c29-18-3-1-5-20(13-18)32-11-2-4-19(16-32)31-27(33)17-6-8-21(9-7-17)37-26-15-25-22(14-23(26)30)24(10-12-36-25)38-28(34)35/h1,3,5-9,13-15,19,24H,2,4,10-12,16H2,(H,31,33)(H,34,35)/t19-,24?/m0/s1. The third-order valence-electron chi connectivity index (χ3n) is 6.57. The van der Waals surface area contributed by atoms with Crippen molar-refractivity contribution in [3.05, 3.63) is 81.8 Å². The minimum absolute atomic E-state index is 0.0226. The lowest BCUT2D eigenvalue weighted by Gasteiger charge is -2.34. The molecule has 0 radical (unpaired) electrons. The van der Waals surface area contributed by atoms with Crippen LogP contribution in [-0.4, -0.2) is 42.9 Å². The Kier molecular flexibility index (Phi) is 7.81. The Morgan fingerprint density at radius 3 is 2.63 bits per heavy atom. The molecule has 38 heavy (non-hydrogen) atoms. The summed E-state index contributed by atoms with van der Waals surface area (Å²) >= 11 is 12.6. The van der Waals surface area contributed by atoms with Gasteiger partial charge in [0.15, 0.2) is 0 Å². The SMILES string of the molecule is O=C(O)OC1CCOc2cc(Oc3ccc(C(=O)N[C@H]4CCCN(c5cccc(Cl)c5)C4)cc3)c(Cl)cc21. The van der Waals surface area contributed by atoms with Gasteiger partial charge < -0.3 is 29.5 Å². The number of rotatable bonds is 6. The zero-order valence-corrected chi connectivity index (χ0v) is 21.9. The smallest absolute Gasteiger partial charge is 0.493 e. The number of benzene rings is 3. The fraction of sp³-hybridized carbons (Fsp3) is 0.286. The molecule has 0 aliphatic carbocycles. The lowest BCUT2D eigenvalue weighted by Crippen LogP contribution is -2.47. The molecule has 1 fully saturated rings. The van der Waals surface area contributed by atoms with E-state index in [0.717, 1.165) is 25.1 Å². The summed E-state index contributed by atoms with van der Waals surface area (Å²) in [6.45, 7) is 1.94. The first-order valence-electron chi connectivity index (χ1n) is 12.3. The quantitative estimate of drug-likeness (QED) is 0.326. The number of carbonyl (C=O) groups excluding carboxylic acids is 1. The molecule has 3 aromatic carbocycles. The predicted molar refractivity (Wildman–Crippen MR) is 144 cm³/mol. The topological polar surface area (TPSA) is 97.3 Å². The van der Waals surface area contributed by atoms with Crippen molar-refractivity contribution in [3.8, 4) is 17.2 Å². The third-order valence-corrected chi connectivity index (χ3v) is 7.10. The highest BCUT2D eigenvalue weighted by Gasteiger charge is 2.27. The van der Waals surface area contributed by atoms with Crippen LogP contribution in [0.5, 0.6) is 17.2 Å². The zero-order valence-electron chi connectivity index (χ0n) is 20.4. The second kappa shape index (κ2) is 11.4. The van der Waals surface area contributed by atoms with Gasteiger partial charge in [-0.1, -0.05) is 29.3 Å². The van der Waals surface area contributed by atoms with Gasteiger partial charge in [-0.3, -0.25) is 4.79 Å². The van der Waals surface area contributed by atoms with E-state index in [2.05, 4.69) is 10.2 Å². The van der Waals surface area contributed by atoms with Crippen LogP contribution >= 0.6 is 23.2 Å². The largest absolute Gasteiger partial charge is 0.506 e. The van der Waals surface area contributed by atoms with Crippen molar-refractivity contribution >= 4 is 41.0 Å². The number of fused-ring (bicyclic) bond motifs is 1. The Balaban J connectivity index is 1.22. The molecule has 0 spiro atoms. The summed E-state index contributed by atoms with van der Waals surface area (Å²) in [6.07, 6.45) is 0.270. The molecule has 10 heteroatoms. The van der Waals surface area contributed by atoms with Gasteiger partial charge in [-0.15, -0.1) is 0 Å². The van der Waals surface area contributed by atoms with Crippen LogP contribution in [0, 0.1) is 0 Å². The van der Waals surface area contributed by atoms with Gasteiger partial charge in [0, 0.05) is 53.5 Å². The highest BCUT2D eigenvalue weighted by Crippen LogP contribution is 2.42. The number of nitrogens with one attached hydrogen (secondary N) is 1. The number of nitrogens with zero attached hydrogens (tertiary/aromatic N) is 1. The number of hydrogen-bond acceptors (Lipinski definition) is 6. The van der Waals surface area contributed by atoms with Crippen LogP contribution < -0.4 is 19.7 Å². The molecule has 2 N–H and O–H groups in total. The molecule has 1 amide bonds. The van der Waals surface area contributed by atoms with Gasteiger partial charge >= 0.3 is 6.16 Å². The molecule has 3 aromatic rings. The summed E-state index contributed by atoms with van der Waals surface area (Å²) in [7, 11) is 0. The molecule has 0 bridgehead atoms. The molecule has 2 atom stereocenters. The maximum absolute atomic E-state index is 12.9. The van der Waals surface area contributed by atoms with E-state index < -0.39 is 12.3 Å². The highest BCUT2D eigenvalue weighted by atomic mass is 35.5. The number of anilines is 1. The Bertz CT molecular complexity index is 1330. The lowest BCUT2D eigenvalue weighted by molar-refractivity contribution is 0.0326. The number of halogens is 2. The number of hydrogen-bond donors (Lipinski definition) is 2. The summed E-state index contributed by atoms with van der Waals surface area (Å²) in [4.78, 5) is 26.1. The van der Waals surface area contributed by atoms with Crippen LogP contribution in [0.3, 0.4) is 0 Å². The van der Waals surface area contributed by atoms with E-state index in [1.54, 1.807) is 36.4 Å². The Hall–Kier alpha value is -3.62. The van der Waals surface area contributed by atoms with Crippen molar-refractivity contribution in [2.75, 3.05) is 24.6 Å². The van der Waals surface area contributed by atoms with E-state index >= 15 is 0 Å². The van der Waals surface area contributed by atoms with Crippen molar-refractivity contribution in [1.29, 1.82) is 0 Å². The average molecular weight is 557 g/mol. The molecular formula is C28H26Cl2N2O6. The second-order valence-corrected chi connectivity index (χ2v) is 10.0. The van der Waals surface area contributed by atoms with Gasteiger partial charge in [0.05, 0.1) is 11.6 Å². The Morgan fingerprint density at radius 2 is 1.87 bits per heavy atom. The summed E-state index contributed by atoms with van der Waals surface area (Å²) < 4.78 is 16.5. The van der Waals surface area contributed by atoms with Gasteiger partial charge in [0.25, 0.3) is 5.91 Å². The van der Waals surface area contributed by atoms with Crippen molar-refractivity contribution in [3.63, 3.8) is 0 Å². The molecule has 8 nitrogen and oxygen atoms in total. The minimum Gasteiger partial charge on any atom is -0.493 e. The Labute approximate surface area is 230 Å². The number of amides is 1. The molecule has 5 rings (SSSR count). The summed E-state index contributed by atoms with van der Waals surface area (Å²) in [5.41, 5.74) is 2.12. The van der Waals surface area contributed by atoms with Gasteiger partial charge in [0.1, 0.15) is 23.4 Å². The third kappa shape index (κ3) is 6.09. The van der Waals surface area contributed by atoms with Gasteiger partial charge in [-0.05, 0) is 61.4 Å². The second-order valence-electron chi connectivity index (χ2n) is 9.19. The maximum Gasteiger partial charge on any atom is 0.506 e. The molecule has 1 saturated heterocycles. The molecule has 2 heterocycles. The fourth-order valence-corrected chi connectivity index (χ4v) is 5.15. The number of carbonyl (C=O) groups is 2. The maximum atomic E-state index is 12.9. The van der Waals surface area contributed by atoms with Crippen LogP contribution in [0.15, 0.2) is 60.7 Å². The summed E-state index contributed by atoms with van der Waals surface area (Å²) in [5, 5.41) is 13.1. The monoisotopic (exact) mass is 556 g/mol. The zero-order chi connectivity index (χ0) is 26.6. The normalized spacial score (nSPS) is 18.6. The van der Waals surface area contributed by atoms with Crippen molar-refractivity contribution < 1.29 is 28.9 Å². The molecule has 0 saturated carbocycles. The van der Waals surface area contributed by atoms with Crippen LogP contribution in [0.4, 0.5) is 10.5 Å². The Morgan fingerprint density at radius 1 is 1.05 bits per heavy atom. The first-order chi connectivity index (χ1) is 18.4. The van der Waals surface area contributed by atoms with Crippen molar-refractivity contribution in [2.45, 2.75) is 31.4 Å². The van der Waals surface area contributed by atoms with Gasteiger partial charge in [-0.25, -0.2) is 4.79 Å². The van der Waals surface area contributed by atoms with Gasteiger partial charge in [0.2, 0.25) is 0 Å². The van der Waals surface area contributed by atoms with E-state index in [0.29, 0.717) is 53.0 Å². The van der Waals surface area contributed by atoms with E-state index in [4.69, 9.17) is 42.5 Å². The molecule has 198 valence electrons. The molecule has 2 aliphatic rings. The molecular weight excluding hydrogens is 531 g/mol. The molecule has 2 aliphatic heterocycles. The van der Waals surface area contributed by atoms with Crippen molar-refractivity contribution in [1.82, 2.24) is 5.32 Å². The van der Waals surface area contributed by atoms with E-state index in [-0.39, 0.29) is 17.0 Å². The highest BCUT2D eigenvalue weighted by molar-refractivity contribution is 6.32. The van der Waals surface area contributed by atoms with Crippen LogP contribution in [0.2, 0.25) is 10.0 Å². The van der Waals surface area contributed by atoms with E-state index in [1.165, 1.54) is 0 Å². The summed E-state index contributed by atoms with van der Waals surface area (Å²) in [5.74, 6) is 1.14. The lowest BCUT2D eigenvalue weighted by atomic mass is 10.0. The van der Waals surface area contributed by atoms with Crippen LogP contribution in [0.1, 0.15) is 41.3 Å². The fourth-order valence-electron chi connectivity index (χ4n) is 4.75. The number of ether oxygens (including phenoxy) is 3.